The molecule has 0 aliphatic rings. The topological polar surface area (TPSA) is 88.1 Å². The SMILES string of the molecule is CCCCCCCC/C=C\CCCCCCCC(=O)OCC(COC(C)=O)OC(=O)[C@](OC)(c1ccccc1)C(F)(F)F. The molecule has 1 rings (SSSR count). The molecule has 1 unspecified atom stereocenters. The molecule has 0 aromatic heterocycles. The minimum absolute atomic E-state index is 0.112. The first-order valence-corrected chi connectivity index (χ1v) is 15.4. The van der Waals surface area contributed by atoms with Gasteiger partial charge in [0.05, 0.1) is 0 Å². The summed E-state index contributed by atoms with van der Waals surface area (Å²) in [7, 11) is 0.747. The van der Waals surface area contributed by atoms with Gasteiger partial charge in [0.15, 0.2) is 6.10 Å². The van der Waals surface area contributed by atoms with Gasteiger partial charge in [-0.2, -0.15) is 13.2 Å². The number of carbonyl (C=O) groups excluding carboxylic acids is 3. The number of benzene rings is 1. The van der Waals surface area contributed by atoms with E-state index >= 15 is 0 Å². The van der Waals surface area contributed by atoms with Crippen molar-refractivity contribution in [3.05, 3.63) is 48.0 Å². The van der Waals surface area contributed by atoms with Crippen molar-refractivity contribution in [1.82, 2.24) is 0 Å². The number of ether oxygens (including phenoxy) is 4. The van der Waals surface area contributed by atoms with E-state index in [4.69, 9.17) is 18.9 Å². The smallest absolute Gasteiger partial charge is 0.432 e. The lowest BCUT2D eigenvalue weighted by atomic mass is 9.92. The Balaban J connectivity index is 2.45. The number of allylic oxidation sites excluding steroid dienone is 2. The third-order valence-corrected chi connectivity index (χ3v) is 6.99. The van der Waals surface area contributed by atoms with Gasteiger partial charge in [-0.15, -0.1) is 0 Å². The summed E-state index contributed by atoms with van der Waals surface area (Å²) < 4.78 is 62.3. The molecule has 0 radical (unpaired) electrons. The average molecular weight is 615 g/mol. The molecule has 7 nitrogen and oxygen atoms in total. The number of hydrogen-bond donors (Lipinski definition) is 0. The van der Waals surface area contributed by atoms with Gasteiger partial charge in [-0.05, 0) is 32.1 Å². The molecule has 1 aromatic rings. The third kappa shape index (κ3) is 14.9. The minimum Gasteiger partial charge on any atom is -0.462 e. The zero-order valence-corrected chi connectivity index (χ0v) is 25.9. The first-order chi connectivity index (χ1) is 20.6. The summed E-state index contributed by atoms with van der Waals surface area (Å²) in [5.41, 5.74) is -3.90. The average Bonchev–Trinajstić information content (AvgIpc) is 2.97. The molecule has 244 valence electrons. The lowest BCUT2D eigenvalue weighted by Gasteiger charge is -2.33. The van der Waals surface area contributed by atoms with E-state index in [9.17, 15) is 27.6 Å². The summed E-state index contributed by atoms with van der Waals surface area (Å²) in [5.74, 6) is -3.09. The lowest BCUT2D eigenvalue weighted by Crippen LogP contribution is -2.53. The maximum Gasteiger partial charge on any atom is 0.432 e. The standard InChI is InChI=1S/C33H49F3O7/c1-4-5-6-7-8-9-10-11-12-13-14-15-16-17-21-24-30(38)42-26-29(25-41-27(2)37)43-31(39)32(40-3,33(34,35)36)28-22-19-18-20-23-28/h11-12,18-20,22-23,29H,4-10,13-17,21,24-26H2,1-3H3/b12-11-/t29?,32-/m1/s1. The van der Waals surface area contributed by atoms with Crippen LogP contribution in [0.5, 0.6) is 0 Å². The van der Waals surface area contributed by atoms with Crippen LogP contribution < -0.4 is 0 Å². The number of unbranched alkanes of at least 4 members (excludes halogenated alkanes) is 11. The zero-order valence-electron chi connectivity index (χ0n) is 25.9. The first kappa shape index (κ1) is 38.1. The van der Waals surface area contributed by atoms with Gasteiger partial charge in [-0.25, -0.2) is 4.79 Å². The van der Waals surface area contributed by atoms with Crippen LogP contribution in [0.25, 0.3) is 0 Å². The van der Waals surface area contributed by atoms with Crippen LogP contribution in [0.3, 0.4) is 0 Å². The van der Waals surface area contributed by atoms with Crippen molar-refractivity contribution >= 4 is 17.9 Å². The first-order valence-electron chi connectivity index (χ1n) is 15.4. The molecule has 0 fully saturated rings. The summed E-state index contributed by atoms with van der Waals surface area (Å²) >= 11 is 0. The summed E-state index contributed by atoms with van der Waals surface area (Å²) in [6, 6.07) is 6.33. The monoisotopic (exact) mass is 614 g/mol. The second kappa shape index (κ2) is 21.8. The molecular formula is C33H49F3O7. The number of methoxy groups -OCH3 is 1. The van der Waals surface area contributed by atoms with Crippen LogP contribution in [0.15, 0.2) is 42.5 Å². The predicted molar refractivity (Wildman–Crippen MR) is 158 cm³/mol. The highest BCUT2D eigenvalue weighted by Gasteiger charge is 2.64. The van der Waals surface area contributed by atoms with Crippen molar-refractivity contribution in [2.24, 2.45) is 0 Å². The minimum atomic E-state index is -5.17. The fraction of sp³-hybridized carbons (Fsp3) is 0.667. The number of hydrogen-bond acceptors (Lipinski definition) is 7. The molecule has 1 aromatic carbocycles. The normalized spacial score (nSPS) is 13.8. The highest BCUT2D eigenvalue weighted by molar-refractivity contribution is 5.83. The second-order valence-electron chi connectivity index (χ2n) is 10.6. The fourth-order valence-electron chi connectivity index (χ4n) is 4.55. The molecular weight excluding hydrogens is 565 g/mol. The number of alkyl halides is 3. The van der Waals surface area contributed by atoms with Crippen LogP contribution in [0.1, 0.15) is 109 Å². The molecule has 0 amide bonds. The van der Waals surface area contributed by atoms with Crippen LogP contribution >= 0.6 is 0 Å². The molecule has 0 saturated heterocycles. The number of halogens is 3. The molecule has 0 saturated carbocycles. The van der Waals surface area contributed by atoms with E-state index in [0.717, 1.165) is 64.7 Å². The Hall–Kier alpha value is -2.88. The third-order valence-electron chi connectivity index (χ3n) is 6.99. The molecule has 0 spiro atoms. The zero-order chi connectivity index (χ0) is 32.0. The van der Waals surface area contributed by atoms with Crippen molar-refractivity contribution in [3.63, 3.8) is 0 Å². The van der Waals surface area contributed by atoms with Crippen molar-refractivity contribution in [3.8, 4) is 0 Å². The molecule has 0 N–H and O–H groups in total. The molecule has 0 aliphatic heterocycles. The van der Waals surface area contributed by atoms with Gasteiger partial charge in [0.1, 0.15) is 13.2 Å². The van der Waals surface area contributed by atoms with Crippen LogP contribution in [0.4, 0.5) is 13.2 Å². The molecule has 0 bridgehead atoms. The maximum absolute atomic E-state index is 14.2. The van der Waals surface area contributed by atoms with Crippen LogP contribution in [-0.4, -0.2) is 50.5 Å². The summed E-state index contributed by atoms with van der Waals surface area (Å²) in [6.07, 6.45) is 12.5. The van der Waals surface area contributed by atoms with Crippen LogP contribution in [0, 0.1) is 0 Å². The Morgan fingerprint density at radius 3 is 1.86 bits per heavy atom. The van der Waals surface area contributed by atoms with E-state index in [1.165, 1.54) is 56.7 Å². The van der Waals surface area contributed by atoms with Crippen molar-refractivity contribution in [2.75, 3.05) is 20.3 Å². The van der Waals surface area contributed by atoms with Crippen LogP contribution in [-0.2, 0) is 38.9 Å². The van der Waals surface area contributed by atoms with E-state index in [2.05, 4.69) is 19.1 Å². The van der Waals surface area contributed by atoms with E-state index in [0.29, 0.717) is 6.42 Å². The van der Waals surface area contributed by atoms with Gasteiger partial charge in [0.2, 0.25) is 0 Å². The van der Waals surface area contributed by atoms with E-state index < -0.39 is 54.6 Å². The van der Waals surface area contributed by atoms with Gasteiger partial charge in [0.25, 0.3) is 5.60 Å². The summed E-state index contributed by atoms with van der Waals surface area (Å²) in [4.78, 5) is 36.5. The Kier molecular flexibility index (Phi) is 19.3. The van der Waals surface area contributed by atoms with Crippen molar-refractivity contribution < 1.29 is 46.5 Å². The molecule has 0 heterocycles. The van der Waals surface area contributed by atoms with Gasteiger partial charge < -0.3 is 18.9 Å². The second-order valence-corrected chi connectivity index (χ2v) is 10.6. The Morgan fingerprint density at radius 2 is 1.33 bits per heavy atom. The highest BCUT2D eigenvalue weighted by atomic mass is 19.4. The van der Waals surface area contributed by atoms with E-state index in [1.54, 1.807) is 0 Å². The molecule has 2 atom stereocenters. The lowest BCUT2D eigenvalue weighted by molar-refractivity contribution is -0.279. The van der Waals surface area contributed by atoms with Gasteiger partial charge in [0, 0.05) is 26.0 Å². The largest absolute Gasteiger partial charge is 0.462 e. The van der Waals surface area contributed by atoms with Gasteiger partial charge >= 0.3 is 24.1 Å². The Labute approximate surface area is 254 Å². The summed E-state index contributed by atoms with van der Waals surface area (Å²) in [6.45, 7) is 2.15. The van der Waals surface area contributed by atoms with Gasteiger partial charge in [-0.3, -0.25) is 9.59 Å². The Bertz CT molecular complexity index is 950. The molecule has 43 heavy (non-hydrogen) atoms. The van der Waals surface area contributed by atoms with Crippen LogP contribution in [0.2, 0.25) is 0 Å². The van der Waals surface area contributed by atoms with Crippen molar-refractivity contribution in [1.29, 1.82) is 0 Å². The summed E-state index contributed by atoms with van der Waals surface area (Å²) in [5, 5.41) is 0. The number of esters is 3. The quantitative estimate of drug-likeness (QED) is 0.0532. The molecule has 0 aliphatic carbocycles. The highest BCUT2D eigenvalue weighted by Crippen LogP contribution is 2.43. The molecule has 10 heteroatoms. The fourth-order valence-corrected chi connectivity index (χ4v) is 4.55. The van der Waals surface area contributed by atoms with E-state index in [1.807, 2.05) is 0 Å². The maximum atomic E-state index is 14.2. The van der Waals surface area contributed by atoms with Gasteiger partial charge in [-0.1, -0.05) is 101 Å². The van der Waals surface area contributed by atoms with Crippen molar-refractivity contribution in [2.45, 2.75) is 122 Å². The number of carbonyl (C=O) groups is 3. The predicted octanol–water partition coefficient (Wildman–Crippen LogP) is 8.15. The number of rotatable bonds is 23. The van der Waals surface area contributed by atoms with E-state index in [-0.39, 0.29) is 6.42 Å². The Morgan fingerprint density at radius 1 is 0.791 bits per heavy atom.